The van der Waals surface area contributed by atoms with Crippen molar-refractivity contribution in [2.24, 2.45) is 0 Å². The molecule has 1 aromatic carbocycles. The number of nitrogens with one attached hydrogen (secondary N) is 1. The maximum atomic E-state index is 12.2. The summed E-state index contributed by atoms with van der Waals surface area (Å²) in [7, 11) is 0. The molecule has 0 amide bonds. The smallest absolute Gasteiger partial charge is 0.136 e. The van der Waals surface area contributed by atoms with Gasteiger partial charge in [-0.05, 0) is 51.3 Å². The monoisotopic (exact) mass is 293 g/mol. The highest BCUT2D eigenvalue weighted by Gasteiger charge is 2.28. The van der Waals surface area contributed by atoms with E-state index in [-0.39, 0.29) is 10.8 Å². The molecule has 4 heteroatoms. The standard InChI is InChI=1S/C16H23NO2S/c1-5-14(17-20(18)16(2,3)4)10-12-6-7-13-8-9-19-15(13)11-12/h6-9,11,14,17H,5,10H2,1-4H3/t14?,20-/m0/s1. The van der Waals surface area contributed by atoms with Gasteiger partial charge >= 0.3 is 0 Å². The van der Waals surface area contributed by atoms with Gasteiger partial charge < -0.3 is 8.97 Å². The largest absolute Gasteiger partial charge is 0.598 e. The molecule has 1 heterocycles. The summed E-state index contributed by atoms with van der Waals surface area (Å²) in [5.74, 6) is 0. The Morgan fingerprint density at radius 3 is 2.70 bits per heavy atom. The first-order valence-electron chi connectivity index (χ1n) is 7.04. The minimum atomic E-state index is -1.03. The number of furan rings is 1. The zero-order chi connectivity index (χ0) is 14.8. The molecular weight excluding hydrogens is 270 g/mol. The molecule has 0 saturated heterocycles. The molecular formula is C16H23NO2S. The molecule has 2 atom stereocenters. The van der Waals surface area contributed by atoms with Crippen LogP contribution in [0.3, 0.4) is 0 Å². The first kappa shape index (κ1) is 15.4. The van der Waals surface area contributed by atoms with Gasteiger partial charge in [-0.3, -0.25) is 0 Å². The van der Waals surface area contributed by atoms with Crippen molar-refractivity contribution in [1.29, 1.82) is 0 Å². The zero-order valence-electron chi connectivity index (χ0n) is 12.6. The van der Waals surface area contributed by atoms with E-state index in [1.54, 1.807) is 6.26 Å². The molecule has 2 rings (SSSR count). The fourth-order valence-electron chi connectivity index (χ4n) is 2.01. The molecule has 20 heavy (non-hydrogen) atoms. The van der Waals surface area contributed by atoms with Crippen molar-refractivity contribution in [3.63, 3.8) is 0 Å². The molecule has 2 aromatic rings. The molecule has 0 aliphatic carbocycles. The normalized spacial score (nSPS) is 15.4. The van der Waals surface area contributed by atoms with Gasteiger partial charge in [-0.1, -0.05) is 19.1 Å². The summed E-state index contributed by atoms with van der Waals surface area (Å²) in [5, 5.41) is 1.12. The SMILES string of the molecule is CCC(Cc1ccc2ccoc2c1)N[S@@+]([O-])C(C)(C)C. The Morgan fingerprint density at radius 2 is 2.05 bits per heavy atom. The van der Waals surface area contributed by atoms with Gasteiger partial charge in [-0.15, -0.1) is 4.72 Å². The number of hydrogen-bond donors (Lipinski definition) is 1. The zero-order valence-corrected chi connectivity index (χ0v) is 13.4. The molecule has 1 unspecified atom stereocenters. The summed E-state index contributed by atoms with van der Waals surface area (Å²) < 4.78 is 20.6. The van der Waals surface area contributed by atoms with Crippen molar-refractivity contribution in [3.8, 4) is 0 Å². The first-order chi connectivity index (χ1) is 9.40. The summed E-state index contributed by atoms with van der Waals surface area (Å²) in [4.78, 5) is 0. The molecule has 0 bridgehead atoms. The maximum Gasteiger partial charge on any atom is 0.136 e. The molecule has 1 aromatic heterocycles. The van der Waals surface area contributed by atoms with Crippen LogP contribution in [0.2, 0.25) is 0 Å². The van der Waals surface area contributed by atoms with Gasteiger partial charge in [-0.25, -0.2) is 0 Å². The number of benzene rings is 1. The minimum absolute atomic E-state index is 0.211. The van der Waals surface area contributed by atoms with Crippen LogP contribution in [0.15, 0.2) is 34.9 Å². The summed E-state index contributed by atoms with van der Waals surface area (Å²) >= 11 is -1.03. The lowest BCUT2D eigenvalue weighted by atomic mass is 10.0. The summed E-state index contributed by atoms with van der Waals surface area (Å²) in [6.45, 7) is 8.07. The van der Waals surface area contributed by atoms with E-state index in [2.05, 4.69) is 29.8 Å². The first-order valence-corrected chi connectivity index (χ1v) is 8.19. The molecule has 0 fully saturated rings. The fraction of sp³-hybridized carbons (Fsp3) is 0.500. The van der Waals surface area contributed by atoms with Crippen LogP contribution >= 0.6 is 0 Å². The third-order valence-electron chi connectivity index (χ3n) is 3.33. The third kappa shape index (κ3) is 3.78. The van der Waals surface area contributed by atoms with Crippen LogP contribution in [0.5, 0.6) is 0 Å². The Bertz CT molecular complexity index is 559. The summed E-state index contributed by atoms with van der Waals surface area (Å²) in [6, 6.07) is 8.43. The van der Waals surface area contributed by atoms with E-state index in [0.717, 1.165) is 23.8 Å². The number of fused-ring (bicyclic) bond motifs is 1. The van der Waals surface area contributed by atoms with Gasteiger partial charge in [0.15, 0.2) is 0 Å². The lowest BCUT2D eigenvalue weighted by Gasteiger charge is -2.27. The van der Waals surface area contributed by atoms with E-state index in [1.807, 2.05) is 26.8 Å². The highest BCUT2D eigenvalue weighted by Crippen LogP contribution is 2.20. The molecule has 0 aliphatic rings. The van der Waals surface area contributed by atoms with Crippen LogP contribution in [0.25, 0.3) is 11.0 Å². The van der Waals surface area contributed by atoms with Gasteiger partial charge in [0.25, 0.3) is 0 Å². The van der Waals surface area contributed by atoms with Crippen molar-refractivity contribution < 1.29 is 8.97 Å². The second kappa shape index (κ2) is 6.20. The van der Waals surface area contributed by atoms with Gasteiger partial charge in [0.2, 0.25) is 0 Å². The molecule has 0 radical (unpaired) electrons. The van der Waals surface area contributed by atoms with Crippen LogP contribution in [0.1, 0.15) is 39.7 Å². The van der Waals surface area contributed by atoms with Crippen molar-refractivity contribution >= 4 is 22.3 Å². The fourth-order valence-corrected chi connectivity index (χ4v) is 2.91. The molecule has 3 nitrogen and oxygen atoms in total. The molecule has 0 aliphatic heterocycles. The predicted molar refractivity (Wildman–Crippen MR) is 85.0 cm³/mol. The Labute approximate surface area is 124 Å². The summed E-state index contributed by atoms with van der Waals surface area (Å²) in [6.07, 6.45) is 3.51. The highest BCUT2D eigenvalue weighted by molar-refractivity contribution is 7.90. The van der Waals surface area contributed by atoms with E-state index < -0.39 is 11.4 Å². The van der Waals surface area contributed by atoms with Crippen LogP contribution in [0, 0.1) is 0 Å². The third-order valence-corrected chi connectivity index (χ3v) is 4.99. The van der Waals surface area contributed by atoms with Crippen molar-refractivity contribution in [1.82, 2.24) is 4.72 Å². The van der Waals surface area contributed by atoms with Crippen molar-refractivity contribution in [3.05, 3.63) is 36.1 Å². The van der Waals surface area contributed by atoms with E-state index >= 15 is 0 Å². The topological polar surface area (TPSA) is 48.2 Å². The molecule has 1 N–H and O–H groups in total. The average molecular weight is 293 g/mol. The molecule has 110 valence electrons. The van der Waals surface area contributed by atoms with E-state index in [4.69, 9.17) is 4.42 Å². The second-order valence-electron chi connectivity index (χ2n) is 6.10. The minimum Gasteiger partial charge on any atom is -0.598 e. The lowest BCUT2D eigenvalue weighted by molar-refractivity contribution is 0.509. The van der Waals surface area contributed by atoms with Gasteiger partial charge in [0.05, 0.1) is 12.3 Å². The van der Waals surface area contributed by atoms with E-state index in [0.29, 0.717) is 0 Å². The number of hydrogen-bond acceptors (Lipinski definition) is 3. The predicted octanol–water partition coefficient (Wildman–Crippen LogP) is 3.81. The molecule has 0 saturated carbocycles. The van der Waals surface area contributed by atoms with Crippen LogP contribution in [-0.2, 0) is 17.8 Å². The van der Waals surface area contributed by atoms with Crippen LogP contribution in [-0.4, -0.2) is 15.3 Å². The Kier molecular flexibility index (Phi) is 4.78. The van der Waals surface area contributed by atoms with Crippen LogP contribution < -0.4 is 4.72 Å². The van der Waals surface area contributed by atoms with Gasteiger partial charge in [0.1, 0.15) is 10.3 Å². The van der Waals surface area contributed by atoms with Crippen molar-refractivity contribution in [2.75, 3.05) is 0 Å². The quantitative estimate of drug-likeness (QED) is 0.853. The Balaban J connectivity index is 2.05. The van der Waals surface area contributed by atoms with E-state index in [9.17, 15) is 4.55 Å². The van der Waals surface area contributed by atoms with Crippen molar-refractivity contribution in [2.45, 2.75) is 51.3 Å². The Hall–Kier alpha value is -0.970. The second-order valence-corrected chi connectivity index (χ2v) is 8.10. The summed E-state index contributed by atoms with van der Waals surface area (Å²) in [5.41, 5.74) is 2.12. The van der Waals surface area contributed by atoms with Gasteiger partial charge in [-0.2, -0.15) is 0 Å². The Morgan fingerprint density at radius 1 is 1.30 bits per heavy atom. The molecule has 0 spiro atoms. The highest BCUT2D eigenvalue weighted by atomic mass is 32.2. The maximum absolute atomic E-state index is 12.2. The van der Waals surface area contributed by atoms with E-state index in [1.165, 1.54) is 5.56 Å². The average Bonchev–Trinajstić information content (AvgIpc) is 2.84. The number of rotatable bonds is 5. The van der Waals surface area contributed by atoms with Crippen LogP contribution in [0.4, 0.5) is 0 Å². The lowest BCUT2D eigenvalue weighted by Crippen LogP contribution is -2.45. The van der Waals surface area contributed by atoms with Gasteiger partial charge in [0, 0.05) is 16.7 Å².